The van der Waals surface area contributed by atoms with Crippen LogP contribution in [0.5, 0.6) is 0 Å². The molecule has 0 aliphatic rings. The van der Waals surface area contributed by atoms with Crippen molar-refractivity contribution in [1.82, 2.24) is 15.3 Å². The summed E-state index contributed by atoms with van der Waals surface area (Å²) in [5.74, 6) is -0.309. The van der Waals surface area contributed by atoms with Crippen LogP contribution in [0.3, 0.4) is 0 Å². The fraction of sp³-hybridized carbons (Fsp3) is 0.176. The van der Waals surface area contributed by atoms with E-state index >= 15 is 0 Å². The van der Waals surface area contributed by atoms with E-state index in [0.29, 0.717) is 5.56 Å². The molecule has 106 valence electrons. The molecule has 1 unspecified atom stereocenters. The molecule has 0 fully saturated rings. The lowest BCUT2D eigenvalue weighted by Crippen LogP contribution is -2.23. The summed E-state index contributed by atoms with van der Waals surface area (Å²) in [6.45, 7) is 2.74. The molecule has 0 bridgehead atoms. The van der Waals surface area contributed by atoms with Crippen molar-refractivity contribution in [2.45, 2.75) is 13.0 Å². The normalized spacial score (nSPS) is 12.5. The maximum atomic E-state index is 14.0. The van der Waals surface area contributed by atoms with Crippen molar-refractivity contribution in [3.05, 3.63) is 71.9 Å². The summed E-state index contributed by atoms with van der Waals surface area (Å²) in [5, 5.41) is 4.36. The maximum absolute atomic E-state index is 14.0. The summed E-state index contributed by atoms with van der Waals surface area (Å²) in [7, 11) is 0. The molecule has 3 rings (SSSR count). The number of pyridine rings is 2. The zero-order chi connectivity index (χ0) is 14.7. The van der Waals surface area contributed by atoms with Gasteiger partial charge in [-0.25, -0.2) is 4.39 Å². The molecule has 0 aliphatic heterocycles. The summed E-state index contributed by atoms with van der Waals surface area (Å²) >= 11 is 0. The zero-order valence-corrected chi connectivity index (χ0v) is 11.8. The van der Waals surface area contributed by atoms with E-state index in [0.717, 1.165) is 23.0 Å². The lowest BCUT2D eigenvalue weighted by atomic mass is 9.99. The zero-order valence-electron chi connectivity index (χ0n) is 11.8. The molecule has 1 N–H and O–H groups in total. The van der Waals surface area contributed by atoms with Crippen LogP contribution in [-0.4, -0.2) is 16.5 Å². The molecular formula is C17H16FN3. The Morgan fingerprint density at radius 1 is 1.19 bits per heavy atom. The SMILES string of the molecule is CCNC(c1cnc2ccccc2c1)c1ccncc1F. The number of nitrogens with one attached hydrogen (secondary N) is 1. The van der Waals surface area contributed by atoms with Gasteiger partial charge in [0.05, 0.1) is 17.8 Å². The lowest BCUT2D eigenvalue weighted by Gasteiger charge is -2.19. The number of benzene rings is 1. The van der Waals surface area contributed by atoms with Crippen LogP contribution < -0.4 is 5.32 Å². The van der Waals surface area contributed by atoms with Gasteiger partial charge in [-0.05, 0) is 30.3 Å². The van der Waals surface area contributed by atoms with Crippen molar-refractivity contribution in [2.24, 2.45) is 0 Å². The second-order valence-electron chi connectivity index (χ2n) is 4.85. The standard InChI is InChI=1S/C17H16FN3/c1-2-20-17(14-7-8-19-11-15(14)18)13-9-12-5-3-4-6-16(12)21-10-13/h3-11,17,20H,2H2,1H3. The smallest absolute Gasteiger partial charge is 0.146 e. The fourth-order valence-corrected chi connectivity index (χ4v) is 2.48. The number of aromatic nitrogens is 2. The van der Waals surface area contributed by atoms with E-state index < -0.39 is 0 Å². The molecule has 0 aliphatic carbocycles. The fourth-order valence-electron chi connectivity index (χ4n) is 2.48. The van der Waals surface area contributed by atoms with Crippen molar-refractivity contribution in [3.63, 3.8) is 0 Å². The molecule has 4 heteroatoms. The summed E-state index contributed by atoms with van der Waals surface area (Å²) in [5.41, 5.74) is 2.47. The molecule has 0 saturated heterocycles. The van der Waals surface area contributed by atoms with E-state index in [2.05, 4.69) is 21.4 Å². The van der Waals surface area contributed by atoms with Gasteiger partial charge in [-0.2, -0.15) is 0 Å². The quantitative estimate of drug-likeness (QED) is 0.795. The summed E-state index contributed by atoms with van der Waals surface area (Å²) in [4.78, 5) is 8.27. The monoisotopic (exact) mass is 281 g/mol. The van der Waals surface area contributed by atoms with Crippen LogP contribution in [0, 0.1) is 5.82 Å². The molecular weight excluding hydrogens is 265 g/mol. The molecule has 21 heavy (non-hydrogen) atoms. The number of hydrogen-bond donors (Lipinski definition) is 1. The van der Waals surface area contributed by atoms with Crippen LogP contribution in [0.2, 0.25) is 0 Å². The molecule has 2 aromatic heterocycles. The predicted octanol–water partition coefficient (Wildman–Crippen LogP) is 3.47. The average molecular weight is 281 g/mol. The van der Waals surface area contributed by atoms with Gasteiger partial charge in [0, 0.05) is 23.3 Å². The predicted molar refractivity (Wildman–Crippen MR) is 81.5 cm³/mol. The summed E-state index contributed by atoms with van der Waals surface area (Å²) < 4.78 is 14.0. The Balaban J connectivity index is 2.09. The van der Waals surface area contributed by atoms with E-state index in [-0.39, 0.29) is 11.9 Å². The van der Waals surface area contributed by atoms with Gasteiger partial charge >= 0.3 is 0 Å². The highest BCUT2D eigenvalue weighted by Gasteiger charge is 2.17. The van der Waals surface area contributed by atoms with E-state index in [1.54, 1.807) is 18.5 Å². The second kappa shape index (κ2) is 5.97. The van der Waals surface area contributed by atoms with E-state index in [1.807, 2.05) is 31.2 Å². The van der Waals surface area contributed by atoms with Gasteiger partial charge in [-0.3, -0.25) is 9.97 Å². The van der Waals surface area contributed by atoms with Crippen LogP contribution in [-0.2, 0) is 0 Å². The van der Waals surface area contributed by atoms with Crippen molar-refractivity contribution in [2.75, 3.05) is 6.54 Å². The first kappa shape index (κ1) is 13.6. The molecule has 1 aromatic carbocycles. The average Bonchev–Trinajstić information content (AvgIpc) is 2.53. The highest BCUT2D eigenvalue weighted by Crippen LogP contribution is 2.25. The molecule has 0 radical (unpaired) electrons. The molecule has 0 amide bonds. The van der Waals surface area contributed by atoms with Crippen LogP contribution in [0.25, 0.3) is 10.9 Å². The minimum absolute atomic E-state index is 0.227. The van der Waals surface area contributed by atoms with Crippen LogP contribution in [0.4, 0.5) is 4.39 Å². The molecule has 1 atom stereocenters. The molecule has 3 nitrogen and oxygen atoms in total. The minimum Gasteiger partial charge on any atom is -0.306 e. The highest BCUT2D eigenvalue weighted by atomic mass is 19.1. The van der Waals surface area contributed by atoms with Crippen molar-refractivity contribution < 1.29 is 4.39 Å². The molecule has 2 heterocycles. The van der Waals surface area contributed by atoms with Gasteiger partial charge in [0.25, 0.3) is 0 Å². The van der Waals surface area contributed by atoms with E-state index in [1.165, 1.54) is 6.20 Å². The second-order valence-corrected chi connectivity index (χ2v) is 4.85. The number of nitrogens with zero attached hydrogens (tertiary/aromatic N) is 2. The molecule has 0 spiro atoms. The first-order chi connectivity index (χ1) is 10.3. The number of fused-ring (bicyclic) bond motifs is 1. The van der Waals surface area contributed by atoms with Gasteiger partial charge in [-0.15, -0.1) is 0 Å². The van der Waals surface area contributed by atoms with Crippen LogP contribution in [0.1, 0.15) is 24.1 Å². The number of halogens is 1. The van der Waals surface area contributed by atoms with Crippen molar-refractivity contribution in [3.8, 4) is 0 Å². The van der Waals surface area contributed by atoms with Crippen LogP contribution >= 0.6 is 0 Å². The third-order valence-electron chi connectivity index (χ3n) is 3.47. The third-order valence-corrected chi connectivity index (χ3v) is 3.47. The molecule has 3 aromatic rings. The Hall–Kier alpha value is -2.33. The van der Waals surface area contributed by atoms with E-state index in [9.17, 15) is 4.39 Å². The van der Waals surface area contributed by atoms with Crippen molar-refractivity contribution >= 4 is 10.9 Å². The Labute approximate surface area is 122 Å². The topological polar surface area (TPSA) is 37.8 Å². The highest BCUT2D eigenvalue weighted by molar-refractivity contribution is 5.78. The Kier molecular flexibility index (Phi) is 3.88. The van der Waals surface area contributed by atoms with Gasteiger partial charge < -0.3 is 5.32 Å². The Morgan fingerprint density at radius 3 is 2.86 bits per heavy atom. The Morgan fingerprint density at radius 2 is 2.05 bits per heavy atom. The lowest BCUT2D eigenvalue weighted by molar-refractivity contribution is 0.554. The first-order valence-electron chi connectivity index (χ1n) is 6.97. The van der Waals surface area contributed by atoms with Gasteiger partial charge in [0.15, 0.2) is 0 Å². The third kappa shape index (κ3) is 2.76. The number of hydrogen-bond acceptors (Lipinski definition) is 3. The molecule has 0 saturated carbocycles. The number of para-hydroxylation sites is 1. The maximum Gasteiger partial charge on any atom is 0.146 e. The van der Waals surface area contributed by atoms with E-state index in [4.69, 9.17) is 0 Å². The minimum atomic E-state index is -0.309. The summed E-state index contributed by atoms with van der Waals surface area (Å²) in [6, 6.07) is 11.4. The largest absolute Gasteiger partial charge is 0.306 e. The van der Waals surface area contributed by atoms with Gasteiger partial charge in [-0.1, -0.05) is 25.1 Å². The Bertz CT molecular complexity index is 758. The van der Waals surface area contributed by atoms with Gasteiger partial charge in [0.2, 0.25) is 0 Å². The van der Waals surface area contributed by atoms with Gasteiger partial charge in [0.1, 0.15) is 5.82 Å². The van der Waals surface area contributed by atoms with Crippen LogP contribution in [0.15, 0.2) is 55.0 Å². The first-order valence-corrected chi connectivity index (χ1v) is 6.97. The summed E-state index contributed by atoms with van der Waals surface area (Å²) in [6.07, 6.45) is 4.65. The number of rotatable bonds is 4. The van der Waals surface area contributed by atoms with Crippen molar-refractivity contribution in [1.29, 1.82) is 0 Å².